The van der Waals surface area contributed by atoms with Crippen LogP contribution in [0.3, 0.4) is 0 Å². The Bertz CT molecular complexity index is 1350. The zero-order valence-electron chi connectivity index (χ0n) is 20.5. The summed E-state index contributed by atoms with van der Waals surface area (Å²) < 4.78 is 7.68. The molecule has 1 N–H and O–H groups in total. The van der Waals surface area contributed by atoms with Crippen molar-refractivity contribution in [1.82, 2.24) is 19.8 Å². The van der Waals surface area contributed by atoms with Crippen molar-refractivity contribution >= 4 is 17.3 Å². The first-order valence-corrected chi connectivity index (χ1v) is 12.2. The molecule has 5 nitrogen and oxygen atoms in total. The van der Waals surface area contributed by atoms with Gasteiger partial charge in [0.1, 0.15) is 5.75 Å². The molecular formula is C29H30N4OS. The van der Waals surface area contributed by atoms with E-state index in [1.165, 1.54) is 33.8 Å². The molecule has 0 spiro atoms. The molecule has 1 aliphatic heterocycles. The van der Waals surface area contributed by atoms with Crippen LogP contribution in [0.4, 0.5) is 0 Å². The number of thiocarbonyl (C=S) groups is 1. The predicted octanol–water partition coefficient (Wildman–Crippen LogP) is 5.98. The van der Waals surface area contributed by atoms with Gasteiger partial charge in [0, 0.05) is 29.8 Å². The second-order valence-electron chi connectivity index (χ2n) is 9.10. The first-order chi connectivity index (χ1) is 17.0. The Kier molecular flexibility index (Phi) is 6.31. The van der Waals surface area contributed by atoms with Crippen LogP contribution in [0.1, 0.15) is 45.9 Å². The highest BCUT2D eigenvalue weighted by Gasteiger charge is 2.41. The highest BCUT2D eigenvalue weighted by Crippen LogP contribution is 2.42. The SMILES string of the molecule is COc1ccc(CN2C(=S)N[C@H](c3ccccn3)[C@H]2c2cc(C)n(-c3cccc(C)c3)c2C)cc1. The van der Waals surface area contributed by atoms with E-state index < -0.39 is 0 Å². The number of benzene rings is 2. The minimum Gasteiger partial charge on any atom is -0.497 e. The minimum absolute atomic E-state index is 0.00395. The molecule has 178 valence electrons. The van der Waals surface area contributed by atoms with Gasteiger partial charge < -0.3 is 19.5 Å². The van der Waals surface area contributed by atoms with Gasteiger partial charge in [0.2, 0.25) is 0 Å². The smallest absolute Gasteiger partial charge is 0.170 e. The topological polar surface area (TPSA) is 42.3 Å². The summed E-state index contributed by atoms with van der Waals surface area (Å²) in [6.45, 7) is 7.19. The average molecular weight is 483 g/mol. The molecule has 2 aromatic carbocycles. The minimum atomic E-state index is -0.0478. The number of methoxy groups -OCH3 is 1. The van der Waals surface area contributed by atoms with Crippen LogP contribution in [0.5, 0.6) is 5.75 Å². The van der Waals surface area contributed by atoms with Crippen molar-refractivity contribution in [3.8, 4) is 11.4 Å². The summed E-state index contributed by atoms with van der Waals surface area (Å²) in [7, 11) is 1.69. The van der Waals surface area contributed by atoms with Crippen molar-refractivity contribution in [1.29, 1.82) is 0 Å². The van der Waals surface area contributed by atoms with Gasteiger partial charge in [-0.25, -0.2) is 0 Å². The van der Waals surface area contributed by atoms with Crippen LogP contribution in [0, 0.1) is 20.8 Å². The molecule has 0 amide bonds. The van der Waals surface area contributed by atoms with Gasteiger partial charge in [-0.3, -0.25) is 4.98 Å². The van der Waals surface area contributed by atoms with Crippen molar-refractivity contribution in [3.05, 3.63) is 113 Å². The Labute approximate surface area is 212 Å². The molecule has 0 saturated carbocycles. The van der Waals surface area contributed by atoms with Crippen LogP contribution in [-0.4, -0.2) is 26.7 Å². The number of rotatable bonds is 6. The van der Waals surface area contributed by atoms with E-state index in [9.17, 15) is 0 Å². The van der Waals surface area contributed by atoms with Gasteiger partial charge in [0.15, 0.2) is 5.11 Å². The number of nitrogens with one attached hydrogen (secondary N) is 1. The fourth-order valence-corrected chi connectivity index (χ4v) is 5.40. The van der Waals surface area contributed by atoms with Gasteiger partial charge in [-0.15, -0.1) is 0 Å². The number of aromatic nitrogens is 2. The second kappa shape index (κ2) is 9.55. The third kappa shape index (κ3) is 4.42. The molecule has 2 aromatic heterocycles. The van der Waals surface area contributed by atoms with Gasteiger partial charge in [-0.1, -0.05) is 30.3 Å². The van der Waals surface area contributed by atoms with E-state index in [1.54, 1.807) is 7.11 Å². The molecule has 35 heavy (non-hydrogen) atoms. The molecule has 1 fully saturated rings. The van der Waals surface area contributed by atoms with Gasteiger partial charge in [0.05, 0.1) is 24.9 Å². The van der Waals surface area contributed by atoms with Crippen LogP contribution >= 0.6 is 12.2 Å². The third-order valence-electron chi connectivity index (χ3n) is 6.76. The monoisotopic (exact) mass is 482 g/mol. The molecule has 3 heterocycles. The highest BCUT2D eigenvalue weighted by atomic mass is 32.1. The lowest BCUT2D eigenvalue weighted by Gasteiger charge is -2.28. The maximum atomic E-state index is 5.89. The molecule has 6 heteroatoms. The van der Waals surface area contributed by atoms with Gasteiger partial charge in [-0.2, -0.15) is 0 Å². The van der Waals surface area contributed by atoms with E-state index in [-0.39, 0.29) is 12.1 Å². The lowest BCUT2D eigenvalue weighted by molar-refractivity contribution is 0.310. The lowest BCUT2D eigenvalue weighted by atomic mass is 9.96. The van der Waals surface area contributed by atoms with E-state index >= 15 is 0 Å². The Morgan fingerprint density at radius 3 is 2.46 bits per heavy atom. The van der Waals surface area contributed by atoms with Crippen molar-refractivity contribution in [2.24, 2.45) is 0 Å². The summed E-state index contributed by atoms with van der Waals surface area (Å²) in [4.78, 5) is 6.98. The largest absolute Gasteiger partial charge is 0.497 e. The third-order valence-corrected chi connectivity index (χ3v) is 7.11. The van der Waals surface area contributed by atoms with Crippen molar-refractivity contribution in [3.63, 3.8) is 0 Å². The Balaban J connectivity index is 1.60. The summed E-state index contributed by atoms with van der Waals surface area (Å²) in [6, 6.07) is 25.1. The van der Waals surface area contributed by atoms with E-state index in [0.717, 1.165) is 16.6 Å². The van der Waals surface area contributed by atoms with Crippen LogP contribution in [0.2, 0.25) is 0 Å². The quantitative estimate of drug-likeness (QED) is 0.343. The number of ether oxygens (including phenoxy) is 1. The molecule has 0 bridgehead atoms. The molecular weight excluding hydrogens is 452 g/mol. The summed E-state index contributed by atoms with van der Waals surface area (Å²) >= 11 is 5.89. The first kappa shape index (κ1) is 23.1. The normalized spacial score (nSPS) is 17.5. The van der Waals surface area contributed by atoms with E-state index in [0.29, 0.717) is 6.54 Å². The molecule has 0 aliphatic carbocycles. The molecule has 0 unspecified atom stereocenters. The Morgan fingerprint density at radius 2 is 1.77 bits per heavy atom. The first-order valence-electron chi connectivity index (χ1n) is 11.8. The fraction of sp³-hybridized carbons (Fsp3) is 0.241. The van der Waals surface area contributed by atoms with Crippen molar-refractivity contribution in [2.45, 2.75) is 39.4 Å². The average Bonchev–Trinajstić information content (AvgIpc) is 3.34. The number of aryl methyl sites for hydroxylation is 2. The van der Waals surface area contributed by atoms with Crippen molar-refractivity contribution in [2.75, 3.05) is 7.11 Å². The fourth-order valence-electron chi connectivity index (χ4n) is 5.09. The summed E-state index contributed by atoms with van der Waals surface area (Å²) in [6.07, 6.45) is 1.85. The number of nitrogens with zero attached hydrogens (tertiary/aromatic N) is 3. The summed E-state index contributed by atoms with van der Waals surface area (Å²) in [5.41, 5.74) is 8.24. The maximum absolute atomic E-state index is 5.89. The summed E-state index contributed by atoms with van der Waals surface area (Å²) in [5.74, 6) is 0.848. The molecule has 1 aliphatic rings. The van der Waals surface area contributed by atoms with Crippen LogP contribution in [0.25, 0.3) is 5.69 Å². The zero-order chi connectivity index (χ0) is 24.5. The molecule has 2 atom stereocenters. The standard InChI is InChI=1S/C29H30N4OS/c1-19-8-7-9-23(16-19)33-20(2)17-25(21(33)3)28-27(26-10-5-6-15-30-26)31-29(35)32(28)18-22-11-13-24(34-4)14-12-22/h5-17,27-28H,18H2,1-4H3,(H,31,35)/t27-,28-/m1/s1. The van der Waals surface area contributed by atoms with Crippen LogP contribution in [-0.2, 0) is 6.54 Å². The van der Waals surface area contributed by atoms with Gasteiger partial charge in [-0.05, 0) is 92.1 Å². The Hall–Kier alpha value is -3.64. The van der Waals surface area contributed by atoms with Gasteiger partial charge in [0.25, 0.3) is 0 Å². The Morgan fingerprint density at radius 1 is 0.971 bits per heavy atom. The van der Waals surface area contributed by atoms with Crippen LogP contribution < -0.4 is 10.1 Å². The summed E-state index contributed by atoms with van der Waals surface area (Å²) in [5, 5.41) is 4.32. The number of hydrogen-bond donors (Lipinski definition) is 1. The van der Waals surface area contributed by atoms with E-state index in [2.05, 4.69) is 84.1 Å². The van der Waals surface area contributed by atoms with Gasteiger partial charge >= 0.3 is 0 Å². The molecule has 1 saturated heterocycles. The predicted molar refractivity (Wildman–Crippen MR) is 144 cm³/mol. The second-order valence-corrected chi connectivity index (χ2v) is 9.49. The zero-order valence-corrected chi connectivity index (χ0v) is 21.3. The van der Waals surface area contributed by atoms with Crippen molar-refractivity contribution < 1.29 is 4.74 Å². The van der Waals surface area contributed by atoms with Crippen LogP contribution in [0.15, 0.2) is 79.0 Å². The van der Waals surface area contributed by atoms with E-state index in [4.69, 9.17) is 21.9 Å². The highest BCUT2D eigenvalue weighted by molar-refractivity contribution is 7.80. The lowest BCUT2D eigenvalue weighted by Crippen LogP contribution is -2.29. The maximum Gasteiger partial charge on any atom is 0.170 e. The molecule has 5 rings (SSSR count). The molecule has 0 radical (unpaired) electrons. The molecule has 4 aromatic rings. The van der Waals surface area contributed by atoms with E-state index in [1.807, 2.05) is 30.5 Å². The number of hydrogen-bond acceptors (Lipinski definition) is 3. The number of pyridine rings is 1.